The number of hydrogen-bond donors (Lipinski definition) is 0. The first kappa shape index (κ1) is 9.88. The molecule has 0 radical (unpaired) electrons. The predicted molar refractivity (Wildman–Crippen MR) is 41.0 cm³/mol. The number of rotatable bonds is 4. The molecule has 0 amide bonds. The highest BCUT2D eigenvalue weighted by Crippen LogP contribution is 2.19. The molecule has 0 N–H and O–H groups in total. The smallest absolute Gasteiger partial charge is 0.319 e. The molecule has 0 fully saturated rings. The highest BCUT2D eigenvalue weighted by molar-refractivity contribution is 5.92. The third kappa shape index (κ3) is 2.18. The van der Waals surface area contributed by atoms with Crippen molar-refractivity contribution in [3.8, 4) is 0 Å². The molecule has 0 aromatic rings. The van der Waals surface area contributed by atoms with Crippen LogP contribution >= 0.6 is 0 Å². The summed E-state index contributed by atoms with van der Waals surface area (Å²) in [5.74, 6) is -0.521. The standard InChI is InChI=1S/C8H12O3/c1-4-5-8(2,6-9)7(10)11-3/h4,6H,1,5H2,2-3H3/t8-/m0/s1. The Morgan fingerprint density at radius 2 is 2.27 bits per heavy atom. The van der Waals surface area contributed by atoms with Gasteiger partial charge in [-0.1, -0.05) is 6.08 Å². The van der Waals surface area contributed by atoms with Gasteiger partial charge in [0.2, 0.25) is 0 Å². The molecule has 62 valence electrons. The minimum Gasteiger partial charge on any atom is -0.468 e. The lowest BCUT2D eigenvalue weighted by molar-refractivity contribution is -0.153. The Kier molecular flexibility index (Phi) is 3.51. The molecule has 11 heavy (non-hydrogen) atoms. The molecule has 0 unspecified atom stereocenters. The Balaban J connectivity index is 4.43. The van der Waals surface area contributed by atoms with E-state index in [0.717, 1.165) is 0 Å². The normalized spacial score (nSPS) is 14.7. The zero-order valence-electron chi connectivity index (χ0n) is 6.79. The monoisotopic (exact) mass is 156 g/mol. The number of ether oxygens (including phenoxy) is 1. The molecule has 0 aliphatic heterocycles. The van der Waals surface area contributed by atoms with Crippen molar-refractivity contribution in [2.24, 2.45) is 5.41 Å². The molecule has 0 saturated heterocycles. The first-order valence-corrected chi connectivity index (χ1v) is 3.26. The molecule has 0 spiro atoms. The second-order valence-electron chi connectivity index (χ2n) is 2.52. The molecule has 3 heteroatoms. The molecule has 1 atom stereocenters. The Morgan fingerprint density at radius 1 is 1.73 bits per heavy atom. The molecule has 0 heterocycles. The van der Waals surface area contributed by atoms with Crippen molar-refractivity contribution in [3.05, 3.63) is 12.7 Å². The molecule has 0 bridgehead atoms. The van der Waals surface area contributed by atoms with E-state index in [1.165, 1.54) is 20.1 Å². The van der Waals surface area contributed by atoms with Crippen molar-refractivity contribution in [2.45, 2.75) is 13.3 Å². The van der Waals surface area contributed by atoms with Gasteiger partial charge in [0.25, 0.3) is 0 Å². The summed E-state index contributed by atoms with van der Waals surface area (Å²) in [5.41, 5.74) is -1.06. The Bertz CT molecular complexity index is 174. The van der Waals surface area contributed by atoms with Crippen molar-refractivity contribution < 1.29 is 14.3 Å². The van der Waals surface area contributed by atoms with Crippen LogP contribution in [-0.2, 0) is 14.3 Å². The molecule has 0 rings (SSSR count). The van der Waals surface area contributed by atoms with E-state index in [2.05, 4.69) is 11.3 Å². The lowest BCUT2D eigenvalue weighted by Gasteiger charge is -2.16. The molecular formula is C8H12O3. The average molecular weight is 156 g/mol. The maximum atomic E-state index is 11.0. The van der Waals surface area contributed by atoms with Crippen LogP contribution in [0.2, 0.25) is 0 Å². The van der Waals surface area contributed by atoms with Crippen molar-refractivity contribution in [1.82, 2.24) is 0 Å². The second-order valence-corrected chi connectivity index (χ2v) is 2.52. The van der Waals surface area contributed by atoms with Gasteiger partial charge in [-0.3, -0.25) is 4.79 Å². The van der Waals surface area contributed by atoms with E-state index in [0.29, 0.717) is 12.7 Å². The molecule has 0 aromatic heterocycles. The number of allylic oxidation sites excluding steroid dienone is 1. The van der Waals surface area contributed by atoms with Crippen LogP contribution in [0.15, 0.2) is 12.7 Å². The topological polar surface area (TPSA) is 43.4 Å². The lowest BCUT2D eigenvalue weighted by Crippen LogP contribution is -2.29. The van der Waals surface area contributed by atoms with E-state index in [1.54, 1.807) is 0 Å². The SMILES string of the molecule is C=CC[C@@](C)(C=O)C(=O)OC. The number of hydrogen-bond acceptors (Lipinski definition) is 3. The zero-order valence-corrected chi connectivity index (χ0v) is 6.79. The van der Waals surface area contributed by atoms with Crippen LogP contribution in [0, 0.1) is 5.41 Å². The fourth-order valence-corrected chi connectivity index (χ4v) is 0.713. The first-order chi connectivity index (χ1) is 5.10. The van der Waals surface area contributed by atoms with E-state index in [9.17, 15) is 9.59 Å². The summed E-state index contributed by atoms with van der Waals surface area (Å²) in [5, 5.41) is 0. The van der Waals surface area contributed by atoms with E-state index < -0.39 is 11.4 Å². The van der Waals surface area contributed by atoms with Crippen molar-refractivity contribution in [2.75, 3.05) is 7.11 Å². The summed E-state index contributed by atoms with van der Waals surface area (Å²) in [7, 11) is 1.26. The van der Waals surface area contributed by atoms with Crippen molar-refractivity contribution in [1.29, 1.82) is 0 Å². The van der Waals surface area contributed by atoms with Gasteiger partial charge in [0, 0.05) is 0 Å². The Labute approximate surface area is 66.0 Å². The maximum absolute atomic E-state index is 11.0. The van der Waals surface area contributed by atoms with Crippen LogP contribution in [0.4, 0.5) is 0 Å². The van der Waals surface area contributed by atoms with Gasteiger partial charge in [-0.05, 0) is 13.3 Å². The Hall–Kier alpha value is -1.12. The van der Waals surface area contributed by atoms with Gasteiger partial charge < -0.3 is 9.53 Å². The van der Waals surface area contributed by atoms with Crippen molar-refractivity contribution in [3.63, 3.8) is 0 Å². The van der Waals surface area contributed by atoms with Crippen LogP contribution in [-0.4, -0.2) is 19.4 Å². The maximum Gasteiger partial charge on any atom is 0.319 e. The number of aldehydes is 1. The van der Waals surface area contributed by atoms with Gasteiger partial charge in [-0.25, -0.2) is 0 Å². The summed E-state index contributed by atoms with van der Waals surface area (Å²) in [6, 6.07) is 0. The Morgan fingerprint density at radius 3 is 2.55 bits per heavy atom. The van der Waals surface area contributed by atoms with Crippen LogP contribution < -0.4 is 0 Å². The third-order valence-electron chi connectivity index (χ3n) is 1.48. The minimum atomic E-state index is -1.06. The molecular weight excluding hydrogens is 144 g/mol. The number of carbonyl (C=O) groups excluding carboxylic acids is 2. The van der Waals surface area contributed by atoms with Gasteiger partial charge in [-0.2, -0.15) is 0 Å². The molecule has 3 nitrogen and oxygen atoms in total. The predicted octanol–water partition coefficient (Wildman–Crippen LogP) is 0.941. The number of methoxy groups -OCH3 is 1. The minimum absolute atomic E-state index is 0.309. The van der Waals surface area contributed by atoms with Gasteiger partial charge in [0.15, 0.2) is 0 Å². The third-order valence-corrected chi connectivity index (χ3v) is 1.48. The van der Waals surface area contributed by atoms with E-state index in [4.69, 9.17) is 0 Å². The summed E-state index contributed by atoms with van der Waals surface area (Å²) in [6.07, 6.45) is 2.41. The summed E-state index contributed by atoms with van der Waals surface area (Å²) in [4.78, 5) is 21.4. The number of esters is 1. The van der Waals surface area contributed by atoms with Gasteiger partial charge in [-0.15, -0.1) is 6.58 Å². The fraction of sp³-hybridized carbons (Fsp3) is 0.500. The van der Waals surface area contributed by atoms with E-state index in [1.807, 2.05) is 0 Å². The largest absolute Gasteiger partial charge is 0.468 e. The van der Waals surface area contributed by atoms with Gasteiger partial charge in [0.05, 0.1) is 7.11 Å². The van der Waals surface area contributed by atoms with Gasteiger partial charge >= 0.3 is 5.97 Å². The second kappa shape index (κ2) is 3.91. The molecule has 0 aliphatic carbocycles. The van der Waals surface area contributed by atoms with Crippen molar-refractivity contribution >= 4 is 12.3 Å². The molecule has 0 aliphatic rings. The average Bonchev–Trinajstić information content (AvgIpc) is 2.03. The summed E-state index contributed by atoms with van der Waals surface area (Å²) in [6.45, 7) is 4.97. The quantitative estimate of drug-likeness (QED) is 0.263. The summed E-state index contributed by atoms with van der Waals surface area (Å²) < 4.78 is 4.44. The van der Waals surface area contributed by atoms with Crippen LogP contribution in [0.1, 0.15) is 13.3 Å². The molecule has 0 saturated carbocycles. The van der Waals surface area contributed by atoms with E-state index >= 15 is 0 Å². The zero-order chi connectivity index (χ0) is 8.91. The highest BCUT2D eigenvalue weighted by atomic mass is 16.5. The fourth-order valence-electron chi connectivity index (χ4n) is 0.713. The highest BCUT2D eigenvalue weighted by Gasteiger charge is 2.32. The molecule has 0 aromatic carbocycles. The summed E-state index contributed by atoms with van der Waals surface area (Å²) >= 11 is 0. The number of carbonyl (C=O) groups is 2. The van der Waals surface area contributed by atoms with Crippen LogP contribution in [0.25, 0.3) is 0 Å². The van der Waals surface area contributed by atoms with Crippen LogP contribution in [0.3, 0.4) is 0 Å². The first-order valence-electron chi connectivity index (χ1n) is 3.26. The van der Waals surface area contributed by atoms with Crippen LogP contribution in [0.5, 0.6) is 0 Å². The van der Waals surface area contributed by atoms with E-state index in [-0.39, 0.29) is 0 Å². The van der Waals surface area contributed by atoms with Gasteiger partial charge in [0.1, 0.15) is 11.7 Å². The lowest BCUT2D eigenvalue weighted by atomic mass is 9.89.